The van der Waals surface area contributed by atoms with Crippen LogP contribution in [0.2, 0.25) is 0 Å². The number of hydrogen-bond donors (Lipinski definition) is 1. The number of nitrogens with zero attached hydrogens (tertiary/aromatic N) is 2. The molecule has 0 bridgehead atoms. The monoisotopic (exact) mass is 261 g/mol. The third-order valence-electron chi connectivity index (χ3n) is 2.61. The lowest BCUT2D eigenvalue weighted by Gasteiger charge is -2.33. The molecule has 1 aliphatic heterocycles. The van der Waals surface area contributed by atoms with Crippen LogP contribution in [0.3, 0.4) is 0 Å². The van der Waals surface area contributed by atoms with Gasteiger partial charge in [-0.2, -0.15) is 0 Å². The molecule has 1 rings (SSSR count). The van der Waals surface area contributed by atoms with Crippen molar-refractivity contribution >= 4 is 18.3 Å². The summed E-state index contributed by atoms with van der Waals surface area (Å²) in [6.07, 6.45) is 4.00. The van der Waals surface area contributed by atoms with Crippen LogP contribution in [-0.2, 0) is 0 Å². The van der Waals surface area contributed by atoms with E-state index in [9.17, 15) is 0 Å². The molecule has 1 fully saturated rings. The van der Waals surface area contributed by atoms with E-state index in [1.165, 1.54) is 32.3 Å². The van der Waals surface area contributed by atoms with Crippen LogP contribution in [0.15, 0.2) is 4.40 Å². The maximum atomic E-state index is 5.20. The van der Waals surface area contributed by atoms with Gasteiger partial charge in [-0.15, -0.1) is 0 Å². The topological polar surface area (TPSA) is 41.6 Å². The first-order valence-corrected chi connectivity index (χ1v) is 7.71. The Morgan fingerprint density at radius 1 is 1.24 bits per heavy atom. The Labute approximate surface area is 112 Å². The van der Waals surface area contributed by atoms with Gasteiger partial charge < -0.3 is 5.73 Å². The summed E-state index contributed by atoms with van der Waals surface area (Å²) < 4.78 is 3.99. The predicted molar refractivity (Wildman–Crippen MR) is 82.4 cm³/mol. The maximum absolute atomic E-state index is 5.20. The first-order chi connectivity index (χ1) is 8.24. The fourth-order valence-corrected chi connectivity index (χ4v) is 2.17. The van der Waals surface area contributed by atoms with Crippen LogP contribution in [0.4, 0.5) is 0 Å². The highest BCUT2D eigenvalue weighted by Gasteiger charge is 2.20. The zero-order chi connectivity index (χ0) is 13.7. The van der Waals surface area contributed by atoms with E-state index in [-0.39, 0.29) is 0 Å². The standard InChI is InChI=1S/C9H19N3S.2C2H6/c1-8-3-5-12(6-4-8)9(2)13-11-7-10;2*1-2/h7-9H,3-6H2,1-2H3,(H2,10,11);2*1-2H3. The third kappa shape index (κ3) is 9.48. The van der Waals surface area contributed by atoms with E-state index in [1.54, 1.807) is 11.9 Å². The van der Waals surface area contributed by atoms with Gasteiger partial charge in [0.25, 0.3) is 0 Å². The second kappa shape index (κ2) is 13.8. The first kappa shape index (κ1) is 19.1. The molecule has 17 heavy (non-hydrogen) atoms. The fourth-order valence-electron chi connectivity index (χ4n) is 1.58. The van der Waals surface area contributed by atoms with Gasteiger partial charge in [-0.25, -0.2) is 4.40 Å². The van der Waals surface area contributed by atoms with Crippen LogP contribution in [0.5, 0.6) is 0 Å². The molecule has 1 unspecified atom stereocenters. The minimum Gasteiger partial charge on any atom is -0.389 e. The van der Waals surface area contributed by atoms with E-state index in [1.807, 2.05) is 27.7 Å². The molecule has 1 aliphatic rings. The molecule has 1 atom stereocenters. The molecule has 0 aromatic rings. The van der Waals surface area contributed by atoms with Crippen molar-refractivity contribution < 1.29 is 0 Å². The van der Waals surface area contributed by atoms with E-state index < -0.39 is 0 Å². The van der Waals surface area contributed by atoms with Gasteiger partial charge in [-0.05, 0) is 50.7 Å². The Morgan fingerprint density at radius 3 is 2.12 bits per heavy atom. The summed E-state index contributed by atoms with van der Waals surface area (Å²) in [5.74, 6) is 0.895. The van der Waals surface area contributed by atoms with Gasteiger partial charge in [0.15, 0.2) is 0 Å². The fraction of sp³-hybridized carbons (Fsp3) is 0.923. The Kier molecular flexibility index (Phi) is 15.6. The number of hydrogen-bond acceptors (Lipinski definition) is 3. The molecule has 0 radical (unpaired) electrons. The molecule has 1 heterocycles. The summed E-state index contributed by atoms with van der Waals surface area (Å²) in [6.45, 7) is 14.9. The minimum absolute atomic E-state index is 0.465. The van der Waals surface area contributed by atoms with Crippen molar-refractivity contribution in [3.8, 4) is 0 Å². The Balaban J connectivity index is 0. The SMILES string of the molecule is CC.CC.CC1CCN(C(C)S/N=C\N)CC1. The Hall–Kier alpha value is -0.220. The average molecular weight is 261 g/mol. The van der Waals surface area contributed by atoms with Crippen molar-refractivity contribution in [3.63, 3.8) is 0 Å². The van der Waals surface area contributed by atoms with Gasteiger partial charge in [-0.1, -0.05) is 34.6 Å². The van der Waals surface area contributed by atoms with Crippen LogP contribution in [-0.4, -0.2) is 29.7 Å². The largest absolute Gasteiger partial charge is 0.389 e. The smallest absolute Gasteiger partial charge is 0.0938 e. The summed E-state index contributed by atoms with van der Waals surface area (Å²) >= 11 is 1.55. The Morgan fingerprint density at radius 2 is 1.71 bits per heavy atom. The number of rotatable bonds is 3. The summed E-state index contributed by atoms with van der Waals surface area (Å²) in [4.78, 5) is 2.47. The molecule has 0 amide bonds. The highest BCUT2D eigenvalue weighted by molar-refractivity contribution is 7.98. The van der Waals surface area contributed by atoms with Crippen LogP contribution in [0.25, 0.3) is 0 Å². The molecular formula is C13H31N3S. The molecule has 0 spiro atoms. The molecule has 4 heteroatoms. The molecular weight excluding hydrogens is 230 g/mol. The van der Waals surface area contributed by atoms with E-state index >= 15 is 0 Å². The van der Waals surface area contributed by atoms with Gasteiger partial charge in [0.05, 0.1) is 11.7 Å². The van der Waals surface area contributed by atoms with Crippen molar-refractivity contribution in [3.05, 3.63) is 0 Å². The molecule has 0 aliphatic carbocycles. The molecule has 1 saturated heterocycles. The maximum Gasteiger partial charge on any atom is 0.0938 e. The summed E-state index contributed by atoms with van der Waals surface area (Å²) in [7, 11) is 0. The van der Waals surface area contributed by atoms with Crippen molar-refractivity contribution in [2.24, 2.45) is 16.0 Å². The Bertz CT molecular complexity index is 166. The summed E-state index contributed by atoms with van der Waals surface area (Å²) in [5.41, 5.74) is 5.20. The molecule has 0 saturated carbocycles. The highest BCUT2D eigenvalue weighted by Crippen LogP contribution is 2.23. The second-order valence-corrected chi connectivity index (χ2v) is 4.78. The second-order valence-electron chi connectivity index (χ2n) is 3.68. The van der Waals surface area contributed by atoms with Crippen LogP contribution >= 0.6 is 11.9 Å². The van der Waals surface area contributed by atoms with E-state index in [0.29, 0.717) is 5.37 Å². The summed E-state index contributed by atoms with van der Waals surface area (Å²) in [6, 6.07) is 0. The molecule has 104 valence electrons. The van der Waals surface area contributed by atoms with Gasteiger partial charge in [0.1, 0.15) is 0 Å². The van der Waals surface area contributed by atoms with Gasteiger partial charge in [0, 0.05) is 0 Å². The quantitative estimate of drug-likeness (QED) is 0.478. The van der Waals surface area contributed by atoms with Crippen molar-refractivity contribution in [1.82, 2.24) is 4.90 Å². The lowest BCUT2D eigenvalue weighted by atomic mass is 9.99. The normalized spacial score (nSPS) is 18.9. The van der Waals surface area contributed by atoms with Crippen LogP contribution in [0, 0.1) is 5.92 Å². The molecule has 3 nitrogen and oxygen atoms in total. The molecule has 2 N–H and O–H groups in total. The molecule has 0 aromatic heterocycles. The highest BCUT2D eigenvalue weighted by atomic mass is 32.2. The lowest BCUT2D eigenvalue weighted by molar-refractivity contribution is 0.187. The van der Waals surface area contributed by atoms with Crippen molar-refractivity contribution in [1.29, 1.82) is 0 Å². The van der Waals surface area contributed by atoms with E-state index in [2.05, 4.69) is 23.1 Å². The van der Waals surface area contributed by atoms with Gasteiger partial charge in [0.2, 0.25) is 0 Å². The summed E-state index contributed by atoms with van der Waals surface area (Å²) in [5, 5.41) is 0.465. The minimum atomic E-state index is 0.465. The molecule has 0 aromatic carbocycles. The number of nitrogens with two attached hydrogens (primary N) is 1. The first-order valence-electron chi connectivity index (χ1n) is 6.87. The van der Waals surface area contributed by atoms with E-state index in [4.69, 9.17) is 5.73 Å². The van der Waals surface area contributed by atoms with Gasteiger partial charge in [-0.3, -0.25) is 4.90 Å². The third-order valence-corrected chi connectivity index (χ3v) is 3.45. The van der Waals surface area contributed by atoms with Crippen molar-refractivity contribution in [2.75, 3.05) is 13.1 Å². The zero-order valence-corrected chi connectivity index (χ0v) is 13.3. The van der Waals surface area contributed by atoms with Crippen LogP contribution in [0.1, 0.15) is 54.4 Å². The number of piperidine rings is 1. The lowest BCUT2D eigenvalue weighted by Crippen LogP contribution is -2.37. The number of likely N-dealkylation sites (tertiary alicyclic amines) is 1. The predicted octanol–water partition coefficient (Wildman–Crippen LogP) is 3.75. The average Bonchev–Trinajstić information content (AvgIpc) is 2.41. The van der Waals surface area contributed by atoms with Crippen LogP contribution < -0.4 is 5.73 Å². The zero-order valence-electron chi connectivity index (χ0n) is 12.4. The van der Waals surface area contributed by atoms with Gasteiger partial charge >= 0.3 is 0 Å². The van der Waals surface area contributed by atoms with Crippen molar-refractivity contribution in [2.45, 2.75) is 59.8 Å². The van der Waals surface area contributed by atoms with E-state index in [0.717, 1.165) is 5.92 Å².